The Kier molecular flexibility index (Phi) is 9.31. The number of hydrogen-bond donors (Lipinski definition) is 0. The highest BCUT2D eigenvalue weighted by atomic mass is 127. The number of para-hydroxylation sites is 1. The molecule has 0 atom stereocenters. The molecule has 0 N–H and O–H groups in total. The van der Waals surface area contributed by atoms with Gasteiger partial charge in [0.1, 0.15) is 0 Å². The zero-order chi connectivity index (χ0) is 24.1. The highest BCUT2D eigenvalue weighted by Crippen LogP contribution is 2.36. The number of carbonyl (C=O) groups excluding carboxylic acids is 2. The third-order valence-corrected chi connectivity index (χ3v) is 12.1. The minimum absolute atomic E-state index is 0.0337. The second-order valence-corrected chi connectivity index (χ2v) is 15.4. The second kappa shape index (κ2) is 11.1. The molecule has 0 unspecified atom stereocenters. The van der Waals surface area contributed by atoms with Crippen LogP contribution in [0.25, 0.3) is 10.9 Å². The molecule has 0 radical (unpaired) electrons. The molecule has 2 aromatic rings. The number of aromatic nitrogens is 1. The van der Waals surface area contributed by atoms with Crippen LogP contribution in [0, 0.1) is 3.70 Å². The largest absolute Gasteiger partial charge is 0.469 e. The minimum atomic E-state index is -1.77. The average Bonchev–Trinajstić information content (AvgIpc) is 3.00. The molecule has 0 fully saturated rings. The van der Waals surface area contributed by atoms with Gasteiger partial charge in [-0.3, -0.25) is 14.2 Å². The van der Waals surface area contributed by atoms with Crippen molar-refractivity contribution in [3.05, 3.63) is 45.2 Å². The highest BCUT2D eigenvalue weighted by molar-refractivity contribution is 14.1. The Bertz CT molecular complexity index is 1000. The van der Waals surface area contributed by atoms with Crippen molar-refractivity contribution < 1.29 is 18.8 Å². The van der Waals surface area contributed by atoms with Crippen LogP contribution in [0.4, 0.5) is 0 Å². The Morgan fingerprint density at radius 2 is 1.78 bits per heavy atom. The third-order valence-electron chi connectivity index (χ3n) is 6.47. The summed E-state index contributed by atoms with van der Waals surface area (Å²) in [6.07, 6.45) is 4.20. The van der Waals surface area contributed by atoms with Crippen molar-refractivity contribution in [3.8, 4) is 0 Å². The molecule has 0 spiro atoms. The number of carbonyl (C=O) groups is 2. The molecule has 7 heteroatoms. The number of rotatable bonds is 9. The van der Waals surface area contributed by atoms with E-state index < -0.39 is 8.32 Å². The molecule has 1 aromatic carbocycles. The van der Waals surface area contributed by atoms with Crippen LogP contribution in [0.2, 0.25) is 18.1 Å². The van der Waals surface area contributed by atoms with Gasteiger partial charge in [-0.15, -0.1) is 0 Å². The Labute approximate surface area is 206 Å². The molecule has 0 saturated carbocycles. The number of allylic oxidation sites excluding steroid dienone is 1. The zero-order valence-electron chi connectivity index (χ0n) is 20.4. The fraction of sp³-hybridized carbons (Fsp3) is 0.520. The van der Waals surface area contributed by atoms with Crippen LogP contribution >= 0.6 is 22.6 Å². The molecule has 5 nitrogen and oxygen atoms in total. The molecule has 32 heavy (non-hydrogen) atoms. The van der Waals surface area contributed by atoms with E-state index in [0.29, 0.717) is 19.4 Å². The van der Waals surface area contributed by atoms with E-state index in [1.54, 1.807) is 4.57 Å². The number of esters is 1. The molecule has 1 heterocycles. The first kappa shape index (κ1) is 26.8. The second-order valence-electron chi connectivity index (χ2n) is 9.57. The standard InChI is InChI=1S/C25H36INO4Si/c1-8-18(15-16-31-32(6,7)25(2,3)4)13-14-22(28)27-21-12-10-9-11-19(21)20(24(27)26)17-23(29)30-5/h8-12H,13-17H2,1-7H3/b18-8+. The van der Waals surface area contributed by atoms with E-state index in [-0.39, 0.29) is 23.3 Å². The number of fused-ring (bicyclic) bond motifs is 1. The number of halogens is 1. The van der Waals surface area contributed by atoms with Crippen molar-refractivity contribution in [1.29, 1.82) is 0 Å². The molecule has 0 aliphatic rings. The number of ether oxygens (including phenoxy) is 1. The summed E-state index contributed by atoms with van der Waals surface area (Å²) in [7, 11) is -0.389. The summed E-state index contributed by atoms with van der Waals surface area (Å²) < 4.78 is 13.7. The Balaban J connectivity index is 2.11. The van der Waals surface area contributed by atoms with Crippen molar-refractivity contribution in [2.24, 2.45) is 0 Å². The van der Waals surface area contributed by atoms with Crippen LogP contribution in [-0.4, -0.2) is 38.5 Å². The topological polar surface area (TPSA) is 57.5 Å². The summed E-state index contributed by atoms with van der Waals surface area (Å²) in [5, 5.41) is 1.11. The van der Waals surface area contributed by atoms with Crippen LogP contribution in [0.1, 0.15) is 57.3 Å². The number of hydrogen-bond acceptors (Lipinski definition) is 4. The molecule has 176 valence electrons. The predicted molar refractivity (Wildman–Crippen MR) is 142 cm³/mol. The number of nitrogens with zero attached hydrogens (tertiary/aromatic N) is 1. The normalized spacial score (nSPS) is 12.9. The average molecular weight is 570 g/mol. The molecule has 0 saturated heterocycles. The van der Waals surface area contributed by atoms with E-state index >= 15 is 0 Å². The summed E-state index contributed by atoms with van der Waals surface area (Å²) in [6, 6.07) is 7.73. The van der Waals surface area contributed by atoms with Gasteiger partial charge in [0.2, 0.25) is 5.91 Å². The van der Waals surface area contributed by atoms with Crippen LogP contribution < -0.4 is 0 Å². The molecule has 0 amide bonds. The smallest absolute Gasteiger partial charge is 0.310 e. The van der Waals surface area contributed by atoms with Crippen LogP contribution in [-0.2, 0) is 20.4 Å². The Morgan fingerprint density at radius 3 is 2.38 bits per heavy atom. The summed E-state index contributed by atoms with van der Waals surface area (Å²) in [5.41, 5.74) is 2.91. The zero-order valence-corrected chi connectivity index (χ0v) is 23.5. The van der Waals surface area contributed by atoms with E-state index in [9.17, 15) is 9.59 Å². The summed E-state index contributed by atoms with van der Waals surface area (Å²) >= 11 is 2.17. The lowest BCUT2D eigenvalue weighted by atomic mass is 10.1. The van der Waals surface area contributed by atoms with Gasteiger partial charge in [-0.25, -0.2) is 0 Å². The summed E-state index contributed by atoms with van der Waals surface area (Å²) in [4.78, 5) is 25.1. The lowest BCUT2D eigenvalue weighted by Crippen LogP contribution is -2.41. The third kappa shape index (κ3) is 6.32. The van der Waals surface area contributed by atoms with Crippen LogP contribution in [0.3, 0.4) is 0 Å². The van der Waals surface area contributed by atoms with E-state index in [1.807, 2.05) is 31.2 Å². The minimum Gasteiger partial charge on any atom is -0.469 e. The lowest BCUT2D eigenvalue weighted by molar-refractivity contribution is -0.139. The van der Waals surface area contributed by atoms with Crippen molar-refractivity contribution >= 4 is 53.7 Å². The van der Waals surface area contributed by atoms with Crippen LogP contribution in [0.5, 0.6) is 0 Å². The van der Waals surface area contributed by atoms with Crippen molar-refractivity contribution in [2.45, 2.75) is 71.5 Å². The Hall–Kier alpha value is -1.45. The molecular weight excluding hydrogens is 533 g/mol. The van der Waals surface area contributed by atoms with Crippen LogP contribution in [0.15, 0.2) is 35.9 Å². The number of methoxy groups -OCH3 is 1. The monoisotopic (exact) mass is 569 g/mol. The van der Waals surface area contributed by atoms with Crippen molar-refractivity contribution in [2.75, 3.05) is 13.7 Å². The molecule has 2 rings (SSSR count). The van der Waals surface area contributed by atoms with Crippen molar-refractivity contribution in [1.82, 2.24) is 4.57 Å². The predicted octanol–water partition coefficient (Wildman–Crippen LogP) is 6.74. The van der Waals surface area contributed by atoms with Gasteiger partial charge in [-0.2, -0.15) is 0 Å². The maximum Gasteiger partial charge on any atom is 0.310 e. The SMILES string of the molecule is C/C=C(/CCO[Si](C)(C)C(C)(C)C)CCC(=O)n1c(I)c(CC(=O)OC)c2ccccc21. The van der Waals surface area contributed by atoms with Gasteiger partial charge in [0.05, 0.1) is 22.7 Å². The van der Waals surface area contributed by atoms with E-state index in [2.05, 4.69) is 62.5 Å². The van der Waals surface area contributed by atoms with Crippen molar-refractivity contribution in [3.63, 3.8) is 0 Å². The van der Waals surface area contributed by atoms with Gasteiger partial charge < -0.3 is 9.16 Å². The summed E-state index contributed by atoms with van der Waals surface area (Å²) in [6.45, 7) is 14.0. The first-order valence-electron chi connectivity index (χ1n) is 11.1. The van der Waals surface area contributed by atoms with Gasteiger partial charge in [-0.1, -0.05) is 50.6 Å². The maximum absolute atomic E-state index is 13.2. The number of benzene rings is 1. The molecule has 1 aromatic heterocycles. The lowest BCUT2D eigenvalue weighted by Gasteiger charge is -2.36. The van der Waals surface area contributed by atoms with Gasteiger partial charge >= 0.3 is 5.97 Å². The van der Waals surface area contributed by atoms with E-state index in [1.165, 1.54) is 12.7 Å². The summed E-state index contributed by atoms with van der Waals surface area (Å²) in [5.74, 6) is -0.275. The van der Waals surface area contributed by atoms with Gasteiger partial charge in [-0.05, 0) is 66.6 Å². The molecule has 0 aliphatic heterocycles. The fourth-order valence-electron chi connectivity index (χ4n) is 3.35. The fourth-order valence-corrected chi connectivity index (χ4v) is 5.41. The Morgan fingerprint density at radius 1 is 1.12 bits per heavy atom. The molecule has 0 bridgehead atoms. The molecular formula is C25H36INO4Si. The van der Waals surface area contributed by atoms with E-state index in [0.717, 1.165) is 26.6 Å². The quantitative estimate of drug-likeness (QED) is 0.145. The first-order chi connectivity index (χ1) is 14.9. The van der Waals surface area contributed by atoms with Gasteiger partial charge in [0.25, 0.3) is 0 Å². The van der Waals surface area contributed by atoms with Gasteiger partial charge in [0.15, 0.2) is 8.32 Å². The highest BCUT2D eigenvalue weighted by Gasteiger charge is 2.36. The maximum atomic E-state index is 13.2. The van der Waals surface area contributed by atoms with E-state index in [4.69, 9.17) is 9.16 Å². The first-order valence-corrected chi connectivity index (χ1v) is 15.1. The molecule has 0 aliphatic carbocycles. The van der Waals surface area contributed by atoms with Gasteiger partial charge in [0, 0.05) is 24.0 Å².